The van der Waals surface area contributed by atoms with Crippen molar-refractivity contribution in [1.29, 1.82) is 0 Å². The summed E-state index contributed by atoms with van der Waals surface area (Å²) in [6, 6.07) is 10.1. The van der Waals surface area contributed by atoms with Crippen molar-refractivity contribution in [2.75, 3.05) is 19.8 Å². The van der Waals surface area contributed by atoms with Crippen LogP contribution < -0.4 is 5.32 Å². The molecule has 17 heavy (non-hydrogen) atoms. The molecular weight excluding hydrogens is 241 g/mol. The van der Waals surface area contributed by atoms with Gasteiger partial charge in [-0.05, 0) is 5.56 Å². The molecule has 0 aliphatic carbocycles. The second kappa shape index (κ2) is 6.94. The lowest BCUT2D eigenvalue weighted by Crippen LogP contribution is -2.41. The minimum absolute atomic E-state index is 0. The fourth-order valence-electron chi connectivity index (χ4n) is 1.94. The van der Waals surface area contributed by atoms with Gasteiger partial charge in [-0.15, -0.1) is 12.4 Å². The largest absolute Gasteiger partial charge is 0.381 e. The molecule has 1 aliphatic rings. The van der Waals surface area contributed by atoms with Gasteiger partial charge >= 0.3 is 0 Å². The van der Waals surface area contributed by atoms with Crippen LogP contribution in [0.2, 0.25) is 0 Å². The van der Waals surface area contributed by atoms with Gasteiger partial charge in [-0.25, -0.2) is 4.39 Å². The molecule has 0 radical (unpaired) electrons. The Hall–Kier alpha value is -0.640. The number of halogens is 2. The second-order valence-electron chi connectivity index (χ2n) is 4.35. The SMILES string of the molecule is Cl.FC1(CNCc2ccccc2)CCOCC1. The summed E-state index contributed by atoms with van der Waals surface area (Å²) in [5, 5.41) is 3.18. The smallest absolute Gasteiger partial charge is 0.127 e. The van der Waals surface area contributed by atoms with Crippen LogP contribution in [0.3, 0.4) is 0 Å². The lowest BCUT2D eigenvalue weighted by Gasteiger charge is -2.29. The van der Waals surface area contributed by atoms with Crippen molar-refractivity contribution >= 4 is 12.4 Å². The highest BCUT2D eigenvalue weighted by molar-refractivity contribution is 5.85. The number of nitrogens with one attached hydrogen (secondary N) is 1. The normalized spacial score (nSPS) is 18.4. The fraction of sp³-hybridized carbons (Fsp3) is 0.538. The Morgan fingerprint density at radius 2 is 1.82 bits per heavy atom. The van der Waals surface area contributed by atoms with Crippen molar-refractivity contribution in [2.24, 2.45) is 0 Å². The second-order valence-corrected chi connectivity index (χ2v) is 4.35. The molecule has 96 valence electrons. The number of ether oxygens (including phenoxy) is 1. The molecule has 0 amide bonds. The minimum atomic E-state index is -1.08. The molecule has 1 N–H and O–H groups in total. The van der Waals surface area contributed by atoms with Gasteiger partial charge in [0.05, 0.1) is 0 Å². The third kappa shape index (κ3) is 4.62. The number of hydrogen-bond acceptors (Lipinski definition) is 2. The lowest BCUT2D eigenvalue weighted by molar-refractivity contribution is -0.00792. The number of alkyl halides is 1. The lowest BCUT2D eigenvalue weighted by atomic mass is 9.96. The highest BCUT2D eigenvalue weighted by atomic mass is 35.5. The van der Waals surface area contributed by atoms with Crippen molar-refractivity contribution in [2.45, 2.75) is 25.1 Å². The van der Waals surface area contributed by atoms with E-state index in [0.29, 0.717) is 32.6 Å². The predicted molar refractivity (Wildman–Crippen MR) is 69.3 cm³/mol. The summed E-state index contributed by atoms with van der Waals surface area (Å²) >= 11 is 0. The molecule has 2 rings (SSSR count). The van der Waals surface area contributed by atoms with E-state index in [4.69, 9.17) is 4.74 Å². The van der Waals surface area contributed by atoms with E-state index in [2.05, 4.69) is 5.32 Å². The maximum absolute atomic E-state index is 14.1. The van der Waals surface area contributed by atoms with Gasteiger partial charge in [-0.3, -0.25) is 0 Å². The summed E-state index contributed by atoms with van der Waals surface area (Å²) in [5.41, 5.74) is 0.116. The van der Waals surface area contributed by atoms with Gasteiger partial charge in [0, 0.05) is 39.1 Å². The number of rotatable bonds is 4. The molecule has 1 fully saturated rings. The van der Waals surface area contributed by atoms with E-state index in [1.165, 1.54) is 5.56 Å². The molecule has 1 aromatic rings. The summed E-state index contributed by atoms with van der Waals surface area (Å²) in [6.07, 6.45) is 1.02. The van der Waals surface area contributed by atoms with E-state index in [1.54, 1.807) is 0 Å². The number of hydrogen-bond donors (Lipinski definition) is 1. The molecule has 0 atom stereocenters. The summed E-state index contributed by atoms with van der Waals surface area (Å²) in [4.78, 5) is 0. The molecule has 1 aliphatic heterocycles. The van der Waals surface area contributed by atoms with E-state index in [0.717, 1.165) is 6.54 Å². The zero-order chi connectivity index (χ0) is 11.3. The van der Waals surface area contributed by atoms with Gasteiger partial charge < -0.3 is 10.1 Å². The van der Waals surface area contributed by atoms with Crippen LogP contribution in [-0.4, -0.2) is 25.4 Å². The third-order valence-electron chi connectivity index (χ3n) is 3.00. The summed E-state index contributed by atoms with van der Waals surface area (Å²) < 4.78 is 19.3. The van der Waals surface area contributed by atoms with Crippen LogP contribution in [0, 0.1) is 0 Å². The van der Waals surface area contributed by atoms with Crippen molar-refractivity contribution in [1.82, 2.24) is 5.32 Å². The first-order valence-electron chi connectivity index (χ1n) is 5.80. The standard InChI is InChI=1S/C13H18FNO.ClH/c14-13(6-8-16-9-7-13)11-15-10-12-4-2-1-3-5-12;/h1-5,15H,6-11H2;1H. The summed E-state index contributed by atoms with van der Waals surface area (Å²) in [5.74, 6) is 0. The molecule has 1 heterocycles. The van der Waals surface area contributed by atoms with Crippen molar-refractivity contribution < 1.29 is 9.13 Å². The first-order valence-corrected chi connectivity index (χ1v) is 5.80. The van der Waals surface area contributed by atoms with Crippen LogP contribution in [0.15, 0.2) is 30.3 Å². The van der Waals surface area contributed by atoms with Crippen LogP contribution in [0.25, 0.3) is 0 Å². The predicted octanol–water partition coefficient (Wildman–Crippen LogP) is 2.72. The third-order valence-corrected chi connectivity index (χ3v) is 3.00. The highest BCUT2D eigenvalue weighted by Gasteiger charge is 2.31. The average Bonchev–Trinajstić information content (AvgIpc) is 2.31. The number of benzene rings is 1. The van der Waals surface area contributed by atoms with Crippen LogP contribution in [0.5, 0.6) is 0 Å². The van der Waals surface area contributed by atoms with Gasteiger partial charge in [0.25, 0.3) is 0 Å². The minimum Gasteiger partial charge on any atom is -0.381 e. The maximum Gasteiger partial charge on any atom is 0.127 e. The van der Waals surface area contributed by atoms with E-state index in [-0.39, 0.29) is 12.4 Å². The van der Waals surface area contributed by atoms with Crippen molar-refractivity contribution in [3.05, 3.63) is 35.9 Å². The molecule has 0 bridgehead atoms. The Bertz CT molecular complexity index is 314. The van der Waals surface area contributed by atoms with Gasteiger partial charge in [-0.1, -0.05) is 30.3 Å². The fourth-order valence-corrected chi connectivity index (χ4v) is 1.94. The van der Waals surface area contributed by atoms with Gasteiger partial charge in [0.15, 0.2) is 0 Å². The first-order chi connectivity index (χ1) is 7.79. The Morgan fingerprint density at radius 3 is 2.47 bits per heavy atom. The Morgan fingerprint density at radius 1 is 1.18 bits per heavy atom. The molecule has 1 aromatic carbocycles. The summed E-state index contributed by atoms with van der Waals surface area (Å²) in [7, 11) is 0. The molecular formula is C13H19ClFNO. The maximum atomic E-state index is 14.1. The molecule has 1 saturated heterocycles. The van der Waals surface area contributed by atoms with Gasteiger partial charge in [-0.2, -0.15) is 0 Å². The van der Waals surface area contributed by atoms with Crippen LogP contribution >= 0.6 is 12.4 Å². The Kier molecular flexibility index (Phi) is 5.89. The topological polar surface area (TPSA) is 21.3 Å². The van der Waals surface area contributed by atoms with Crippen LogP contribution in [0.1, 0.15) is 18.4 Å². The molecule has 4 heteroatoms. The summed E-state index contributed by atoms with van der Waals surface area (Å²) in [6.45, 7) is 2.24. The van der Waals surface area contributed by atoms with Crippen LogP contribution in [-0.2, 0) is 11.3 Å². The molecule has 0 spiro atoms. The molecule has 0 aromatic heterocycles. The Balaban J connectivity index is 0.00000144. The van der Waals surface area contributed by atoms with E-state index in [1.807, 2.05) is 30.3 Å². The van der Waals surface area contributed by atoms with E-state index >= 15 is 0 Å². The molecule has 2 nitrogen and oxygen atoms in total. The zero-order valence-corrected chi connectivity index (χ0v) is 10.6. The molecule has 0 saturated carbocycles. The average molecular weight is 260 g/mol. The van der Waals surface area contributed by atoms with E-state index < -0.39 is 5.67 Å². The highest BCUT2D eigenvalue weighted by Crippen LogP contribution is 2.24. The van der Waals surface area contributed by atoms with Crippen molar-refractivity contribution in [3.8, 4) is 0 Å². The van der Waals surface area contributed by atoms with E-state index in [9.17, 15) is 4.39 Å². The van der Waals surface area contributed by atoms with Crippen molar-refractivity contribution in [3.63, 3.8) is 0 Å². The van der Waals surface area contributed by atoms with Gasteiger partial charge in [0.1, 0.15) is 5.67 Å². The monoisotopic (exact) mass is 259 g/mol. The van der Waals surface area contributed by atoms with Gasteiger partial charge in [0.2, 0.25) is 0 Å². The Labute approximate surface area is 108 Å². The zero-order valence-electron chi connectivity index (χ0n) is 9.82. The molecule has 0 unspecified atom stereocenters. The van der Waals surface area contributed by atoms with Crippen LogP contribution in [0.4, 0.5) is 4.39 Å². The quantitative estimate of drug-likeness (QED) is 0.898. The first kappa shape index (κ1) is 14.4.